The topological polar surface area (TPSA) is 59.9 Å². The van der Waals surface area contributed by atoms with Crippen molar-refractivity contribution in [3.8, 4) is 11.5 Å². The van der Waals surface area contributed by atoms with Crippen LogP contribution in [0.5, 0.6) is 11.5 Å². The van der Waals surface area contributed by atoms with Crippen molar-refractivity contribution in [1.82, 2.24) is 5.43 Å². The first-order valence-corrected chi connectivity index (χ1v) is 7.40. The van der Waals surface area contributed by atoms with Crippen molar-refractivity contribution >= 4 is 11.6 Å². The van der Waals surface area contributed by atoms with E-state index >= 15 is 0 Å². The Balaban J connectivity index is 1.87. The lowest BCUT2D eigenvalue weighted by molar-refractivity contribution is -0.123. The number of methoxy groups -OCH3 is 1. The zero-order chi connectivity index (χ0) is 16.5. The molecule has 2 rings (SSSR count). The number of carbonyl (C=O) groups is 1. The molecule has 0 aliphatic carbocycles. The molecule has 0 aliphatic heterocycles. The van der Waals surface area contributed by atoms with E-state index in [1.807, 2.05) is 37.3 Å². The maximum absolute atomic E-state index is 11.8. The minimum absolute atomic E-state index is 0.0956. The average molecular weight is 312 g/mol. The van der Waals surface area contributed by atoms with Crippen molar-refractivity contribution in [3.05, 3.63) is 60.2 Å². The van der Waals surface area contributed by atoms with Crippen LogP contribution in [0.1, 0.15) is 18.9 Å². The molecule has 0 aromatic heterocycles. The Bertz CT molecular complexity index is 652. The van der Waals surface area contributed by atoms with E-state index in [2.05, 4.69) is 10.5 Å². The number of carbonyl (C=O) groups excluding carboxylic acids is 1. The molecular weight excluding hydrogens is 292 g/mol. The Morgan fingerprint density at radius 2 is 1.70 bits per heavy atom. The van der Waals surface area contributed by atoms with Crippen LogP contribution in [0.25, 0.3) is 0 Å². The van der Waals surface area contributed by atoms with Gasteiger partial charge >= 0.3 is 0 Å². The molecule has 1 amide bonds. The third-order valence-electron chi connectivity index (χ3n) is 3.19. The highest BCUT2D eigenvalue weighted by atomic mass is 16.5. The Kier molecular flexibility index (Phi) is 6.17. The predicted molar refractivity (Wildman–Crippen MR) is 89.9 cm³/mol. The second kappa shape index (κ2) is 8.58. The zero-order valence-electron chi connectivity index (χ0n) is 13.3. The summed E-state index contributed by atoms with van der Waals surface area (Å²) in [5.74, 6) is 1.04. The molecule has 0 heterocycles. The van der Waals surface area contributed by atoms with Gasteiger partial charge in [-0.1, -0.05) is 37.3 Å². The highest BCUT2D eigenvalue weighted by Gasteiger charge is 2.04. The third kappa shape index (κ3) is 5.14. The number of benzene rings is 2. The fraction of sp³-hybridized carbons (Fsp3) is 0.222. The van der Waals surface area contributed by atoms with E-state index in [1.54, 1.807) is 31.4 Å². The van der Waals surface area contributed by atoms with Crippen molar-refractivity contribution < 1.29 is 14.3 Å². The Labute approximate surface area is 135 Å². The maximum atomic E-state index is 11.8. The molecular formula is C18H20N2O3. The smallest absolute Gasteiger partial charge is 0.277 e. The van der Waals surface area contributed by atoms with Gasteiger partial charge in [-0.25, -0.2) is 5.43 Å². The lowest BCUT2D eigenvalue weighted by atomic mass is 10.1. The maximum Gasteiger partial charge on any atom is 0.277 e. The predicted octanol–water partition coefficient (Wildman–Crippen LogP) is 3.00. The van der Waals surface area contributed by atoms with Crippen LogP contribution in [-0.4, -0.2) is 25.3 Å². The highest BCUT2D eigenvalue weighted by molar-refractivity contribution is 6.00. The molecule has 0 unspecified atom stereocenters. The molecule has 0 saturated carbocycles. The number of hydrogen-bond acceptors (Lipinski definition) is 4. The van der Waals surface area contributed by atoms with Crippen LogP contribution in [-0.2, 0) is 4.79 Å². The summed E-state index contributed by atoms with van der Waals surface area (Å²) >= 11 is 0. The normalized spacial score (nSPS) is 11.0. The van der Waals surface area contributed by atoms with Gasteiger partial charge in [-0.05, 0) is 36.2 Å². The Morgan fingerprint density at radius 1 is 1.04 bits per heavy atom. The van der Waals surface area contributed by atoms with Crippen LogP contribution in [0.2, 0.25) is 0 Å². The van der Waals surface area contributed by atoms with Gasteiger partial charge in [0.15, 0.2) is 6.61 Å². The van der Waals surface area contributed by atoms with E-state index in [9.17, 15) is 4.79 Å². The molecule has 0 radical (unpaired) electrons. The van der Waals surface area contributed by atoms with E-state index < -0.39 is 0 Å². The van der Waals surface area contributed by atoms with Gasteiger partial charge in [-0.15, -0.1) is 0 Å². The number of rotatable bonds is 7. The summed E-state index contributed by atoms with van der Waals surface area (Å²) in [6.45, 7) is 1.90. The molecule has 120 valence electrons. The van der Waals surface area contributed by atoms with Gasteiger partial charge in [0, 0.05) is 0 Å². The minimum Gasteiger partial charge on any atom is -0.497 e. The Hall–Kier alpha value is -2.82. The molecule has 0 saturated heterocycles. The number of nitrogens with one attached hydrogen (secondary N) is 1. The van der Waals surface area contributed by atoms with Gasteiger partial charge in [-0.2, -0.15) is 5.10 Å². The van der Waals surface area contributed by atoms with Crippen LogP contribution in [0.15, 0.2) is 59.7 Å². The van der Waals surface area contributed by atoms with Crippen molar-refractivity contribution in [2.75, 3.05) is 13.7 Å². The number of amides is 1. The summed E-state index contributed by atoms with van der Waals surface area (Å²) in [5.41, 5.74) is 4.34. The molecule has 2 aromatic carbocycles. The molecule has 1 N–H and O–H groups in total. The van der Waals surface area contributed by atoms with E-state index in [0.717, 1.165) is 23.4 Å². The molecule has 23 heavy (non-hydrogen) atoms. The number of hydrazone groups is 1. The molecule has 0 aliphatic rings. The van der Waals surface area contributed by atoms with Gasteiger partial charge in [0.2, 0.25) is 0 Å². The second-order valence-corrected chi connectivity index (χ2v) is 4.78. The van der Waals surface area contributed by atoms with Crippen molar-refractivity contribution in [2.24, 2.45) is 5.10 Å². The van der Waals surface area contributed by atoms with E-state index in [0.29, 0.717) is 5.75 Å². The SMILES string of the molecule is CC/C(=N\NC(=O)COc1ccc(OC)cc1)c1ccccc1. The van der Waals surface area contributed by atoms with E-state index in [1.165, 1.54) is 0 Å². The number of ether oxygens (including phenoxy) is 2. The molecule has 5 nitrogen and oxygen atoms in total. The molecule has 0 atom stereocenters. The van der Waals surface area contributed by atoms with Gasteiger partial charge in [0.25, 0.3) is 5.91 Å². The van der Waals surface area contributed by atoms with Crippen molar-refractivity contribution in [2.45, 2.75) is 13.3 Å². The lowest BCUT2D eigenvalue weighted by Crippen LogP contribution is -2.26. The monoisotopic (exact) mass is 312 g/mol. The second-order valence-electron chi connectivity index (χ2n) is 4.78. The van der Waals surface area contributed by atoms with Gasteiger partial charge in [0.05, 0.1) is 12.8 Å². The van der Waals surface area contributed by atoms with Crippen LogP contribution >= 0.6 is 0 Å². The van der Waals surface area contributed by atoms with Crippen LogP contribution in [0.3, 0.4) is 0 Å². The van der Waals surface area contributed by atoms with Crippen LogP contribution in [0.4, 0.5) is 0 Å². The first-order valence-electron chi connectivity index (χ1n) is 7.40. The van der Waals surface area contributed by atoms with Crippen molar-refractivity contribution in [1.29, 1.82) is 0 Å². The standard InChI is InChI=1S/C18H20N2O3/c1-3-17(14-7-5-4-6-8-14)19-20-18(21)13-23-16-11-9-15(22-2)10-12-16/h4-12H,3,13H2,1-2H3,(H,20,21)/b19-17+. The fourth-order valence-corrected chi connectivity index (χ4v) is 1.96. The summed E-state index contributed by atoms with van der Waals surface area (Å²) in [4.78, 5) is 11.8. The number of nitrogens with zero attached hydrogens (tertiary/aromatic N) is 1. The summed E-state index contributed by atoms with van der Waals surface area (Å²) < 4.78 is 10.5. The zero-order valence-corrected chi connectivity index (χ0v) is 13.3. The molecule has 0 spiro atoms. The third-order valence-corrected chi connectivity index (χ3v) is 3.19. The quantitative estimate of drug-likeness (QED) is 0.631. The summed E-state index contributed by atoms with van der Waals surface area (Å²) in [6.07, 6.45) is 0.726. The average Bonchev–Trinajstić information content (AvgIpc) is 2.62. The van der Waals surface area contributed by atoms with Crippen molar-refractivity contribution in [3.63, 3.8) is 0 Å². The van der Waals surface area contributed by atoms with Gasteiger partial charge < -0.3 is 9.47 Å². The summed E-state index contributed by atoms with van der Waals surface area (Å²) in [7, 11) is 1.60. The lowest BCUT2D eigenvalue weighted by Gasteiger charge is -2.07. The van der Waals surface area contributed by atoms with E-state index in [4.69, 9.17) is 9.47 Å². The van der Waals surface area contributed by atoms with Gasteiger partial charge in [0.1, 0.15) is 11.5 Å². The van der Waals surface area contributed by atoms with Crippen LogP contribution in [0, 0.1) is 0 Å². The molecule has 2 aromatic rings. The van der Waals surface area contributed by atoms with Gasteiger partial charge in [-0.3, -0.25) is 4.79 Å². The fourth-order valence-electron chi connectivity index (χ4n) is 1.96. The summed E-state index contributed by atoms with van der Waals surface area (Å²) in [5, 5.41) is 4.17. The van der Waals surface area contributed by atoms with E-state index in [-0.39, 0.29) is 12.5 Å². The first-order chi connectivity index (χ1) is 11.2. The summed E-state index contributed by atoms with van der Waals surface area (Å²) in [6, 6.07) is 16.8. The molecule has 5 heteroatoms. The molecule has 0 fully saturated rings. The number of hydrogen-bond donors (Lipinski definition) is 1. The Morgan fingerprint density at radius 3 is 2.30 bits per heavy atom. The molecule has 0 bridgehead atoms. The largest absolute Gasteiger partial charge is 0.497 e. The minimum atomic E-state index is -0.303. The first kappa shape index (κ1) is 16.5. The highest BCUT2D eigenvalue weighted by Crippen LogP contribution is 2.16. The van der Waals surface area contributed by atoms with Crippen LogP contribution < -0.4 is 14.9 Å².